The highest BCUT2D eigenvalue weighted by atomic mass is 16.4. The fourth-order valence-electron chi connectivity index (χ4n) is 7.72. The zero-order chi connectivity index (χ0) is 30.6. The zero-order valence-corrected chi connectivity index (χ0v) is 26.3. The van der Waals surface area contributed by atoms with Crippen LogP contribution in [0, 0.1) is 0 Å². The van der Waals surface area contributed by atoms with Crippen molar-refractivity contribution in [1.82, 2.24) is 4.57 Å². The summed E-state index contributed by atoms with van der Waals surface area (Å²) in [5.74, 6) is 0. The van der Waals surface area contributed by atoms with Crippen LogP contribution in [-0.4, -0.2) is 26.4 Å². The second-order valence-corrected chi connectivity index (χ2v) is 13.6. The Morgan fingerprint density at radius 3 is 1.42 bits per heavy atom. The maximum Gasteiger partial charge on any atom is 0.0837 e. The number of aromatic nitrogens is 1. The predicted molar refractivity (Wildman–Crippen MR) is 178 cm³/mol. The highest BCUT2D eigenvalue weighted by molar-refractivity contribution is 6.13. The minimum Gasteiger partial charge on any atom is -0.411 e. The van der Waals surface area contributed by atoms with Gasteiger partial charge in [-0.05, 0) is 119 Å². The molecule has 5 heteroatoms. The number of oxime groups is 2. The minimum atomic E-state index is -0.190. The van der Waals surface area contributed by atoms with E-state index in [1.807, 2.05) is 13.8 Å². The van der Waals surface area contributed by atoms with Crippen LogP contribution in [0.15, 0.2) is 71.0 Å². The average molecular weight is 570 g/mol. The summed E-state index contributed by atoms with van der Waals surface area (Å²) in [6.45, 7) is 17.5. The van der Waals surface area contributed by atoms with Crippen molar-refractivity contribution in [2.45, 2.75) is 78.7 Å². The maximum absolute atomic E-state index is 9.43. The summed E-state index contributed by atoms with van der Waals surface area (Å²) in [7, 11) is 0. The SMILES string of the molecule is CCC(C)n1c2cc3c(cc2c2cc4c(cc21)-c1ccc(/C(C)=N/O)cc1C4(C)C)C(C)(C)c1cc(/C(C)=N/O)ccc1-3. The molecule has 0 fully saturated rings. The minimum absolute atomic E-state index is 0.190. The Bertz CT molecular complexity index is 1930. The van der Waals surface area contributed by atoms with E-state index in [1.165, 1.54) is 66.3 Å². The summed E-state index contributed by atoms with van der Waals surface area (Å²) >= 11 is 0. The van der Waals surface area contributed by atoms with Crippen molar-refractivity contribution in [1.29, 1.82) is 0 Å². The first kappa shape index (κ1) is 27.5. The maximum atomic E-state index is 9.43. The molecule has 2 aliphatic rings. The Kier molecular flexibility index (Phi) is 5.78. The number of nitrogens with zero attached hydrogens (tertiary/aromatic N) is 3. The van der Waals surface area contributed by atoms with Crippen molar-refractivity contribution in [3.05, 3.63) is 94.0 Å². The summed E-state index contributed by atoms with van der Waals surface area (Å²) < 4.78 is 2.55. The van der Waals surface area contributed by atoms with E-state index in [1.54, 1.807) is 0 Å². The molecule has 0 saturated carbocycles. The highest BCUT2D eigenvalue weighted by Crippen LogP contribution is 2.54. The Morgan fingerprint density at radius 2 is 1.05 bits per heavy atom. The average Bonchev–Trinajstić information content (AvgIpc) is 3.53. The molecular formula is C38H39N3O2. The molecule has 0 amide bonds. The molecule has 1 atom stereocenters. The molecule has 218 valence electrons. The largest absolute Gasteiger partial charge is 0.411 e. The van der Waals surface area contributed by atoms with Crippen LogP contribution in [0.3, 0.4) is 0 Å². The smallest absolute Gasteiger partial charge is 0.0837 e. The van der Waals surface area contributed by atoms with Crippen molar-refractivity contribution in [3.63, 3.8) is 0 Å². The number of fused-ring (bicyclic) bond motifs is 9. The topological polar surface area (TPSA) is 70.1 Å². The van der Waals surface area contributed by atoms with Crippen LogP contribution in [-0.2, 0) is 10.8 Å². The van der Waals surface area contributed by atoms with Crippen LogP contribution >= 0.6 is 0 Å². The number of hydrogen-bond donors (Lipinski definition) is 2. The van der Waals surface area contributed by atoms with E-state index in [9.17, 15) is 10.4 Å². The standard InChI is InChI=1S/C38H39N3O2/c1-9-20(2)41-35-18-27-25-12-10-23(21(3)39-42)14-31(25)37(5,6)33(27)16-29(35)30-17-34-28(19-36(30)41)26-13-11-24(22(4)40-43)15-32(26)38(34,7)8/h10-20,42-43H,9H2,1-8H3/b39-21+,40-22+. The van der Waals surface area contributed by atoms with Gasteiger partial charge in [-0.3, -0.25) is 0 Å². The molecule has 2 aliphatic carbocycles. The van der Waals surface area contributed by atoms with Gasteiger partial charge in [0.15, 0.2) is 0 Å². The third-order valence-corrected chi connectivity index (χ3v) is 10.6. The highest BCUT2D eigenvalue weighted by Gasteiger charge is 2.39. The summed E-state index contributed by atoms with van der Waals surface area (Å²) in [4.78, 5) is 0. The van der Waals surface area contributed by atoms with Crippen LogP contribution in [0.25, 0.3) is 44.1 Å². The van der Waals surface area contributed by atoms with Crippen LogP contribution in [0.2, 0.25) is 0 Å². The lowest BCUT2D eigenvalue weighted by molar-refractivity contribution is 0.319. The molecular weight excluding hydrogens is 530 g/mol. The van der Waals surface area contributed by atoms with Crippen molar-refractivity contribution in [3.8, 4) is 22.3 Å². The Labute approximate surface area is 253 Å². The summed E-state index contributed by atoms with van der Waals surface area (Å²) in [6.07, 6.45) is 1.03. The van der Waals surface area contributed by atoms with Gasteiger partial charge in [0.25, 0.3) is 0 Å². The van der Waals surface area contributed by atoms with Crippen molar-refractivity contribution < 1.29 is 10.4 Å². The first-order valence-corrected chi connectivity index (χ1v) is 15.3. The van der Waals surface area contributed by atoms with Gasteiger partial charge in [-0.2, -0.15) is 0 Å². The summed E-state index contributed by atoms with van der Waals surface area (Å²) in [5, 5.41) is 28.4. The fourth-order valence-corrected chi connectivity index (χ4v) is 7.72. The molecule has 7 rings (SSSR count). The molecule has 0 bridgehead atoms. The van der Waals surface area contributed by atoms with E-state index >= 15 is 0 Å². The van der Waals surface area contributed by atoms with E-state index in [0.717, 1.165) is 17.5 Å². The van der Waals surface area contributed by atoms with E-state index in [4.69, 9.17) is 0 Å². The van der Waals surface area contributed by atoms with E-state index in [2.05, 4.69) is 117 Å². The molecule has 1 aromatic heterocycles. The van der Waals surface area contributed by atoms with E-state index < -0.39 is 0 Å². The van der Waals surface area contributed by atoms with Gasteiger partial charge in [-0.15, -0.1) is 0 Å². The van der Waals surface area contributed by atoms with Gasteiger partial charge >= 0.3 is 0 Å². The van der Waals surface area contributed by atoms with Crippen molar-refractivity contribution in [2.24, 2.45) is 10.3 Å². The summed E-state index contributed by atoms with van der Waals surface area (Å²) in [5.41, 5.74) is 15.6. The van der Waals surface area contributed by atoms with E-state index in [-0.39, 0.29) is 10.8 Å². The lowest BCUT2D eigenvalue weighted by Crippen LogP contribution is -2.16. The molecule has 1 heterocycles. The third-order valence-electron chi connectivity index (χ3n) is 10.6. The molecule has 0 spiro atoms. The van der Waals surface area contributed by atoms with Crippen LogP contribution < -0.4 is 0 Å². The van der Waals surface area contributed by atoms with Gasteiger partial charge in [0.05, 0.1) is 11.4 Å². The molecule has 0 aliphatic heterocycles. The van der Waals surface area contributed by atoms with Crippen LogP contribution in [0.1, 0.15) is 101 Å². The lowest BCUT2D eigenvalue weighted by Gasteiger charge is -2.22. The van der Waals surface area contributed by atoms with Gasteiger partial charge < -0.3 is 15.0 Å². The number of benzene rings is 4. The van der Waals surface area contributed by atoms with Gasteiger partial charge in [-0.1, -0.05) is 69.2 Å². The molecule has 0 saturated heterocycles. The van der Waals surface area contributed by atoms with Gasteiger partial charge in [-0.25, -0.2) is 0 Å². The molecule has 5 aromatic rings. The van der Waals surface area contributed by atoms with Gasteiger partial charge in [0.1, 0.15) is 0 Å². The third kappa shape index (κ3) is 3.57. The van der Waals surface area contributed by atoms with Crippen molar-refractivity contribution >= 4 is 33.2 Å². The van der Waals surface area contributed by atoms with Gasteiger partial charge in [0.2, 0.25) is 0 Å². The quantitative estimate of drug-likeness (QED) is 0.128. The molecule has 0 radical (unpaired) electrons. The number of hydrogen-bond acceptors (Lipinski definition) is 4. The summed E-state index contributed by atoms with van der Waals surface area (Å²) in [6, 6.07) is 23.0. The van der Waals surface area contributed by atoms with Gasteiger partial charge in [0, 0.05) is 38.7 Å². The second kappa shape index (κ2) is 9.06. The monoisotopic (exact) mass is 569 g/mol. The second-order valence-electron chi connectivity index (χ2n) is 13.6. The fraction of sp³-hybridized carbons (Fsp3) is 0.316. The Hall–Kier alpha value is -4.38. The molecule has 43 heavy (non-hydrogen) atoms. The Morgan fingerprint density at radius 1 is 0.651 bits per heavy atom. The van der Waals surface area contributed by atoms with Crippen LogP contribution in [0.5, 0.6) is 0 Å². The molecule has 5 nitrogen and oxygen atoms in total. The normalized spacial score (nSPS) is 17.2. The number of rotatable bonds is 4. The van der Waals surface area contributed by atoms with Crippen molar-refractivity contribution in [2.75, 3.05) is 0 Å². The zero-order valence-electron chi connectivity index (χ0n) is 26.3. The lowest BCUT2D eigenvalue weighted by atomic mass is 9.80. The first-order valence-electron chi connectivity index (χ1n) is 15.3. The first-order chi connectivity index (χ1) is 20.4. The molecule has 1 unspecified atom stereocenters. The van der Waals surface area contributed by atoms with Crippen LogP contribution in [0.4, 0.5) is 0 Å². The molecule has 2 N–H and O–H groups in total. The van der Waals surface area contributed by atoms with E-state index in [0.29, 0.717) is 17.5 Å². The predicted octanol–water partition coefficient (Wildman–Crippen LogP) is 9.77. The molecule has 4 aromatic carbocycles. The Balaban J connectivity index is 1.52.